The second kappa shape index (κ2) is 8.18. The van der Waals surface area contributed by atoms with Gasteiger partial charge in [-0.25, -0.2) is 0 Å². The molecule has 1 aromatic heterocycles. The summed E-state index contributed by atoms with van der Waals surface area (Å²) in [6.07, 6.45) is 1.66. The Balaban J connectivity index is 1.54. The van der Waals surface area contributed by atoms with Gasteiger partial charge in [0.2, 0.25) is 5.91 Å². The molecule has 3 aromatic rings. The third-order valence-corrected chi connectivity index (χ3v) is 4.80. The van der Waals surface area contributed by atoms with Crippen molar-refractivity contribution in [2.75, 3.05) is 13.6 Å². The highest BCUT2D eigenvalue weighted by Gasteiger charge is 2.32. The second-order valence-electron chi connectivity index (χ2n) is 7.04. The molecule has 0 aliphatic rings. The Bertz CT molecular complexity index is 872. The first-order chi connectivity index (χ1) is 13.0. The Labute approximate surface area is 160 Å². The fourth-order valence-electron chi connectivity index (χ4n) is 3.16. The average molecular weight is 362 g/mol. The topological polar surface area (TPSA) is 75.0 Å². The van der Waals surface area contributed by atoms with E-state index in [1.165, 1.54) is 0 Å². The fourth-order valence-corrected chi connectivity index (χ4v) is 3.16. The molecule has 1 amide bonds. The average Bonchev–Trinajstić information content (AvgIpc) is 3.17. The van der Waals surface area contributed by atoms with Gasteiger partial charge in [0.05, 0.1) is 5.69 Å². The van der Waals surface area contributed by atoms with Gasteiger partial charge in [0.15, 0.2) is 0 Å². The highest BCUT2D eigenvalue weighted by atomic mass is 16.2. The zero-order valence-electron chi connectivity index (χ0n) is 15.9. The molecule has 140 valence electrons. The number of nitrogens with two attached hydrogens (primary N) is 1. The number of nitrogens with zero attached hydrogens (tertiary/aromatic N) is 2. The number of rotatable bonds is 7. The molecule has 0 aliphatic heterocycles. The molecule has 3 N–H and O–H groups in total. The smallest absolute Gasteiger partial charge is 0.246 e. The van der Waals surface area contributed by atoms with E-state index in [1.54, 1.807) is 18.9 Å². The molecule has 0 saturated carbocycles. The van der Waals surface area contributed by atoms with E-state index in [2.05, 4.69) is 16.3 Å². The van der Waals surface area contributed by atoms with Crippen molar-refractivity contribution in [3.8, 4) is 11.3 Å². The number of likely N-dealkylation sites (N-methyl/N-ethyl adjacent to an activating group) is 1. The number of carbonyl (C=O) groups excluding carboxylic acids is 1. The van der Waals surface area contributed by atoms with Crippen molar-refractivity contribution in [2.45, 2.75) is 25.3 Å². The predicted octanol–water partition coefficient (Wildman–Crippen LogP) is 3.34. The molecule has 0 radical (unpaired) electrons. The van der Waals surface area contributed by atoms with Crippen molar-refractivity contribution in [3.05, 3.63) is 78.0 Å². The lowest BCUT2D eigenvalue weighted by molar-refractivity contribution is -0.135. The van der Waals surface area contributed by atoms with Gasteiger partial charge in [-0.15, -0.1) is 0 Å². The van der Waals surface area contributed by atoms with E-state index in [0.29, 0.717) is 6.54 Å². The van der Waals surface area contributed by atoms with E-state index in [4.69, 9.17) is 5.73 Å². The minimum Gasteiger partial charge on any atom is -0.344 e. The number of H-pyrrole nitrogens is 1. The van der Waals surface area contributed by atoms with Gasteiger partial charge in [-0.05, 0) is 31.4 Å². The lowest BCUT2D eigenvalue weighted by Crippen LogP contribution is -2.49. The monoisotopic (exact) mass is 362 g/mol. The Morgan fingerprint density at radius 3 is 2.41 bits per heavy atom. The molecule has 27 heavy (non-hydrogen) atoms. The quantitative estimate of drug-likeness (QED) is 0.677. The van der Waals surface area contributed by atoms with E-state index in [-0.39, 0.29) is 5.91 Å². The number of benzene rings is 2. The van der Waals surface area contributed by atoms with Crippen LogP contribution in [0.2, 0.25) is 0 Å². The molecule has 0 fully saturated rings. The SMILES string of the molecule is CN(CCCc1cc(-c2ccccc2)n[nH]1)C(=O)C(C)(N)c1ccccc1. The highest BCUT2D eigenvalue weighted by Crippen LogP contribution is 2.20. The van der Waals surface area contributed by atoms with Crippen molar-refractivity contribution < 1.29 is 4.79 Å². The van der Waals surface area contributed by atoms with Crippen molar-refractivity contribution in [2.24, 2.45) is 5.73 Å². The van der Waals surface area contributed by atoms with Crippen molar-refractivity contribution in [1.82, 2.24) is 15.1 Å². The van der Waals surface area contributed by atoms with Crippen molar-refractivity contribution in [1.29, 1.82) is 0 Å². The molecule has 5 heteroatoms. The van der Waals surface area contributed by atoms with E-state index < -0.39 is 5.54 Å². The van der Waals surface area contributed by atoms with Gasteiger partial charge in [0.25, 0.3) is 0 Å². The summed E-state index contributed by atoms with van der Waals surface area (Å²) >= 11 is 0. The van der Waals surface area contributed by atoms with Crippen LogP contribution in [0.5, 0.6) is 0 Å². The number of aromatic amines is 1. The molecule has 2 aromatic carbocycles. The number of aryl methyl sites for hydroxylation is 1. The van der Waals surface area contributed by atoms with E-state index in [9.17, 15) is 4.79 Å². The summed E-state index contributed by atoms with van der Waals surface area (Å²) in [6, 6.07) is 21.6. The summed E-state index contributed by atoms with van der Waals surface area (Å²) in [7, 11) is 1.80. The first-order valence-electron chi connectivity index (χ1n) is 9.18. The third kappa shape index (κ3) is 4.44. The summed E-state index contributed by atoms with van der Waals surface area (Å²) in [5, 5.41) is 7.46. The van der Waals surface area contributed by atoms with Gasteiger partial charge in [-0.3, -0.25) is 9.89 Å². The first-order valence-corrected chi connectivity index (χ1v) is 9.18. The maximum absolute atomic E-state index is 12.8. The lowest BCUT2D eigenvalue weighted by Gasteiger charge is -2.29. The minimum atomic E-state index is -1.02. The van der Waals surface area contributed by atoms with Gasteiger partial charge in [0, 0.05) is 24.8 Å². The number of hydrogen-bond donors (Lipinski definition) is 2. The van der Waals surface area contributed by atoms with Crippen molar-refractivity contribution in [3.63, 3.8) is 0 Å². The zero-order valence-corrected chi connectivity index (χ0v) is 15.9. The molecular weight excluding hydrogens is 336 g/mol. The fraction of sp³-hybridized carbons (Fsp3) is 0.273. The Morgan fingerprint density at radius 2 is 1.74 bits per heavy atom. The van der Waals surface area contributed by atoms with Crippen LogP contribution in [0, 0.1) is 0 Å². The van der Waals surface area contributed by atoms with Crippen LogP contribution in [0.25, 0.3) is 11.3 Å². The summed E-state index contributed by atoms with van der Waals surface area (Å²) in [4.78, 5) is 14.5. The predicted molar refractivity (Wildman–Crippen MR) is 108 cm³/mol. The molecule has 1 atom stereocenters. The van der Waals surface area contributed by atoms with Gasteiger partial charge in [0.1, 0.15) is 5.54 Å². The second-order valence-corrected chi connectivity index (χ2v) is 7.04. The lowest BCUT2D eigenvalue weighted by atomic mass is 9.91. The molecule has 0 saturated heterocycles. The molecule has 0 spiro atoms. The van der Waals surface area contributed by atoms with Crippen LogP contribution in [-0.4, -0.2) is 34.6 Å². The molecule has 5 nitrogen and oxygen atoms in total. The molecular formula is C22H26N4O. The van der Waals surface area contributed by atoms with Crippen molar-refractivity contribution >= 4 is 5.91 Å². The van der Waals surface area contributed by atoms with Gasteiger partial charge in [-0.1, -0.05) is 60.7 Å². The van der Waals surface area contributed by atoms with Crippen LogP contribution in [0.1, 0.15) is 24.6 Å². The van der Waals surface area contributed by atoms with Crippen LogP contribution >= 0.6 is 0 Å². The minimum absolute atomic E-state index is 0.0803. The number of aromatic nitrogens is 2. The van der Waals surface area contributed by atoms with Crippen LogP contribution in [0.15, 0.2) is 66.7 Å². The van der Waals surface area contributed by atoms with Crippen LogP contribution in [0.3, 0.4) is 0 Å². The maximum Gasteiger partial charge on any atom is 0.246 e. The summed E-state index contributed by atoms with van der Waals surface area (Å²) < 4.78 is 0. The Hall–Kier alpha value is -2.92. The molecule has 0 aliphatic carbocycles. The normalized spacial score (nSPS) is 13.1. The molecule has 0 bridgehead atoms. The van der Waals surface area contributed by atoms with Crippen LogP contribution in [-0.2, 0) is 16.8 Å². The first kappa shape index (κ1) is 18.9. The number of amides is 1. The highest BCUT2D eigenvalue weighted by molar-refractivity contribution is 5.86. The number of hydrogen-bond acceptors (Lipinski definition) is 3. The molecule has 1 heterocycles. The summed E-state index contributed by atoms with van der Waals surface area (Å²) in [5.74, 6) is -0.0803. The maximum atomic E-state index is 12.8. The Kier molecular flexibility index (Phi) is 5.72. The van der Waals surface area contributed by atoms with E-state index in [1.807, 2.05) is 60.7 Å². The van der Waals surface area contributed by atoms with Gasteiger partial charge < -0.3 is 10.6 Å². The van der Waals surface area contributed by atoms with E-state index >= 15 is 0 Å². The largest absolute Gasteiger partial charge is 0.344 e. The molecule has 1 unspecified atom stereocenters. The van der Waals surface area contributed by atoms with E-state index in [0.717, 1.165) is 35.4 Å². The van der Waals surface area contributed by atoms with Gasteiger partial charge >= 0.3 is 0 Å². The third-order valence-electron chi connectivity index (χ3n) is 4.80. The Morgan fingerprint density at radius 1 is 1.11 bits per heavy atom. The van der Waals surface area contributed by atoms with Gasteiger partial charge in [-0.2, -0.15) is 5.10 Å². The standard InChI is InChI=1S/C22H26N4O/c1-22(23,18-12-7-4-8-13-18)21(27)26(2)15-9-14-19-16-20(25-24-19)17-10-5-3-6-11-17/h3-8,10-13,16H,9,14-15,23H2,1-2H3,(H,24,25). The van der Waals surface area contributed by atoms with Crippen LogP contribution < -0.4 is 5.73 Å². The van der Waals surface area contributed by atoms with Crippen LogP contribution in [0.4, 0.5) is 0 Å². The zero-order chi connectivity index (χ0) is 19.3. The summed E-state index contributed by atoms with van der Waals surface area (Å²) in [5.41, 5.74) is 9.22. The number of carbonyl (C=O) groups is 1. The molecule has 3 rings (SSSR count). The summed E-state index contributed by atoms with van der Waals surface area (Å²) in [6.45, 7) is 2.40. The number of nitrogens with one attached hydrogen (secondary N) is 1.